The Labute approximate surface area is 127 Å². The van der Waals surface area contributed by atoms with Crippen molar-refractivity contribution in [1.29, 1.82) is 0 Å². The van der Waals surface area contributed by atoms with Crippen molar-refractivity contribution < 1.29 is 9.84 Å². The summed E-state index contributed by atoms with van der Waals surface area (Å²) in [6.45, 7) is 2.68. The first-order chi connectivity index (χ1) is 10.3. The van der Waals surface area contributed by atoms with E-state index in [1.807, 2.05) is 0 Å². The molecule has 1 saturated carbocycles. The second-order valence-corrected chi connectivity index (χ2v) is 6.43. The van der Waals surface area contributed by atoms with Gasteiger partial charge in [-0.1, -0.05) is 43.2 Å². The minimum Gasteiger partial charge on any atom is -0.392 e. The number of hydrogen-bond donors (Lipinski definition) is 1. The first-order valence-electron chi connectivity index (χ1n) is 8.40. The number of β-amino-alcohol motifs (C(OH)–C–C–N with tert-alkyl or cyclic N) is 1. The summed E-state index contributed by atoms with van der Waals surface area (Å²) in [5.41, 5.74) is 1.35. The van der Waals surface area contributed by atoms with Gasteiger partial charge in [0.05, 0.1) is 18.8 Å². The molecule has 1 saturated heterocycles. The lowest BCUT2D eigenvalue weighted by Gasteiger charge is -2.37. The molecule has 2 aliphatic rings. The molecule has 2 fully saturated rings. The Morgan fingerprint density at radius 1 is 1.10 bits per heavy atom. The maximum Gasteiger partial charge on any atom is 0.0730 e. The molecule has 1 aliphatic carbocycles. The van der Waals surface area contributed by atoms with Crippen LogP contribution in [0.25, 0.3) is 0 Å². The summed E-state index contributed by atoms with van der Waals surface area (Å²) < 4.78 is 6.22. The smallest absolute Gasteiger partial charge is 0.0730 e. The molecule has 3 nitrogen and oxygen atoms in total. The van der Waals surface area contributed by atoms with Gasteiger partial charge in [-0.05, 0) is 31.2 Å². The van der Waals surface area contributed by atoms with Crippen LogP contribution < -0.4 is 0 Å². The molecule has 0 bridgehead atoms. The predicted molar refractivity (Wildman–Crippen MR) is 84.3 cm³/mol. The van der Waals surface area contributed by atoms with Crippen molar-refractivity contribution in [3.05, 3.63) is 35.9 Å². The van der Waals surface area contributed by atoms with E-state index in [0.29, 0.717) is 12.1 Å². The van der Waals surface area contributed by atoms with Crippen LogP contribution in [-0.4, -0.2) is 48.0 Å². The third kappa shape index (κ3) is 4.06. The van der Waals surface area contributed by atoms with Gasteiger partial charge in [0.1, 0.15) is 0 Å². The molecule has 1 heterocycles. The Balaban J connectivity index is 1.50. The number of aliphatic hydroxyl groups excluding tert-OH is 1. The van der Waals surface area contributed by atoms with Crippen molar-refractivity contribution in [1.82, 2.24) is 4.90 Å². The minimum absolute atomic E-state index is 0.128. The first kappa shape index (κ1) is 15.0. The van der Waals surface area contributed by atoms with Crippen LogP contribution in [0.15, 0.2) is 30.3 Å². The van der Waals surface area contributed by atoms with Gasteiger partial charge in [-0.3, -0.25) is 4.90 Å². The lowest BCUT2D eigenvalue weighted by molar-refractivity contribution is -0.0316. The SMILES string of the molecule is OC1CCN(C2CCCC[C@H]2OCCc2ccccc2)C1. The molecule has 2 unspecified atom stereocenters. The molecular formula is C18H27NO2. The summed E-state index contributed by atoms with van der Waals surface area (Å²) in [7, 11) is 0. The van der Waals surface area contributed by atoms with Crippen molar-refractivity contribution >= 4 is 0 Å². The van der Waals surface area contributed by atoms with Crippen molar-refractivity contribution in [3.63, 3.8) is 0 Å². The highest BCUT2D eigenvalue weighted by Gasteiger charge is 2.34. The summed E-state index contributed by atoms with van der Waals surface area (Å²) in [5.74, 6) is 0. The molecule has 116 valence electrons. The lowest BCUT2D eigenvalue weighted by Crippen LogP contribution is -2.46. The molecule has 3 heteroatoms. The standard InChI is InChI=1S/C18H27NO2/c20-16-10-12-19(14-16)17-8-4-5-9-18(17)21-13-11-15-6-2-1-3-7-15/h1-3,6-7,16-18,20H,4-5,8-14H2/t16?,17?,18-/m1/s1. The monoisotopic (exact) mass is 289 g/mol. The van der Waals surface area contributed by atoms with Gasteiger partial charge < -0.3 is 9.84 Å². The molecule has 1 aromatic carbocycles. The largest absolute Gasteiger partial charge is 0.392 e. The van der Waals surface area contributed by atoms with Crippen LogP contribution >= 0.6 is 0 Å². The molecule has 1 N–H and O–H groups in total. The van der Waals surface area contributed by atoms with Gasteiger partial charge in [0, 0.05) is 19.1 Å². The molecule has 3 atom stereocenters. The molecule has 0 spiro atoms. The number of likely N-dealkylation sites (tertiary alicyclic amines) is 1. The quantitative estimate of drug-likeness (QED) is 0.904. The van der Waals surface area contributed by atoms with Gasteiger partial charge >= 0.3 is 0 Å². The van der Waals surface area contributed by atoms with Gasteiger partial charge in [-0.15, -0.1) is 0 Å². The Bertz CT molecular complexity index is 422. The highest BCUT2D eigenvalue weighted by molar-refractivity contribution is 5.14. The fourth-order valence-electron chi connectivity index (χ4n) is 3.73. The van der Waals surface area contributed by atoms with Crippen LogP contribution in [0.3, 0.4) is 0 Å². The van der Waals surface area contributed by atoms with Gasteiger partial charge in [-0.2, -0.15) is 0 Å². The third-order valence-corrected chi connectivity index (χ3v) is 4.90. The van der Waals surface area contributed by atoms with E-state index in [1.54, 1.807) is 0 Å². The molecule has 0 aromatic heterocycles. The van der Waals surface area contributed by atoms with E-state index in [0.717, 1.165) is 32.5 Å². The fraction of sp³-hybridized carbons (Fsp3) is 0.667. The summed E-state index contributed by atoms with van der Waals surface area (Å²) >= 11 is 0. The Hall–Kier alpha value is -0.900. The average Bonchev–Trinajstić information content (AvgIpc) is 2.95. The van der Waals surface area contributed by atoms with Gasteiger partial charge in [-0.25, -0.2) is 0 Å². The summed E-state index contributed by atoms with van der Waals surface area (Å²) in [6.07, 6.45) is 7.12. The van der Waals surface area contributed by atoms with E-state index in [-0.39, 0.29) is 6.10 Å². The van der Waals surface area contributed by atoms with E-state index in [4.69, 9.17) is 4.74 Å². The van der Waals surface area contributed by atoms with Gasteiger partial charge in [0.15, 0.2) is 0 Å². The van der Waals surface area contributed by atoms with Crippen molar-refractivity contribution in [2.24, 2.45) is 0 Å². The summed E-state index contributed by atoms with van der Waals surface area (Å²) in [4.78, 5) is 2.46. The van der Waals surface area contributed by atoms with Crippen LogP contribution in [-0.2, 0) is 11.2 Å². The maximum absolute atomic E-state index is 9.76. The number of aliphatic hydroxyl groups is 1. The summed E-state index contributed by atoms with van der Waals surface area (Å²) in [5, 5.41) is 9.76. The number of ether oxygens (including phenoxy) is 1. The van der Waals surface area contributed by atoms with Crippen molar-refractivity contribution in [2.75, 3.05) is 19.7 Å². The van der Waals surface area contributed by atoms with Crippen LogP contribution in [0, 0.1) is 0 Å². The number of nitrogens with zero attached hydrogens (tertiary/aromatic N) is 1. The zero-order valence-corrected chi connectivity index (χ0v) is 12.8. The summed E-state index contributed by atoms with van der Waals surface area (Å²) in [6, 6.07) is 11.1. The van der Waals surface area contributed by atoms with Crippen LogP contribution in [0.1, 0.15) is 37.7 Å². The van der Waals surface area contributed by atoms with Gasteiger partial charge in [0.25, 0.3) is 0 Å². The van der Waals surface area contributed by atoms with Crippen LogP contribution in [0.4, 0.5) is 0 Å². The van der Waals surface area contributed by atoms with Crippen molar-refractivity contribution in [3.8, 4) is 0 Å². The number of hydrogen-bond acceptors (Lipinski definition) is 3. The van der Waals surface area contributed by atoms with Gasteiger partial charge in [0.2, 0.25) is 0 Å². The lowest BCUT2D eigenvalue weighted by atomic mass is 9.91. The Kier molecular flexibility index (Phi) is 5.28. The van der Waals surface area contributed by atoms with E-state index < -0.39 is 0 Å². The third-order valence-electron chi connectivity index (χ3n) is 4.90. The van der Waals surface area contributed by atoms with E-state index in [1.165, 1.54) is 31.2 Å². The Morgan fingerprint density at radius 3 is 2.67 bits per heavy atom. The molecule has 1 aliphatic heterocycles. The number of benzene rings is 1. The molecule has 1 aromatic rings. The van der Waals surface area contributed by atoms with E-state index >= 15 is 0 Å². The molecule has 21 heavy (non-hydrogen) atoms. The molecule has 0 amide bonds. The fourth-order valence-corrected chi connectivity index (χ4v) is 3.73. The van der Waals surface area contributed by atoms with Crippen LogP contribution in [0.5, 0.6) is 0 Å². The topological polar surface area (TPSA) is 32.7 Å². The Morgan fingerprint density at radius 2 is 1.90 bits per heavy atom. The second-order valence-electron chi connectivity index (χ2n) is 6.43. The van der Waals surface area contributed by atoms with E-state index in [9.17, 15) is 5.11 Å². The van der Waals surface area contributed by atoms with Crippen molar-refractivity contribution in [2.45, 2.75) is 56.8 Å². The van der Waals surface area contributed by atoms with Crippen LogP contribution in [0.2, 0.25) is 0 Å². The molecule has 0 radical (unpaired) electrons. The predicted octanol–water partition coefficient (Wildman–Crippen LogP) is 2.62. The highest BCUT2D eigenvalue weighted by atomic mass is 16.5. The normalized spacial score (nSPS) is 30.6. The number of rotatable bonds is 5. The van der Waals surface area contributed by atoms with E-state index in [2.05, 4.69) is 35.2 Å². The first-order valence-corrected chi connectivity index (χ1v) is 8.40. The minimum atomic E-state index is -0.128. The second kappa shape index (κ2) is 7.39. The highest BCUT2D eigenvalue weighted by Crippen LogP contribution is 2.28. The zero-order chi connectivity index (χ0) is 14.5. The average molecular weight is 289 g/mol. The maximum atomic E-state index is 9.76. The zero-order valence-electron chi connectivity index (χ0n) is 12.8. The molecule has 3 rings (SSSR count). The molecular weight excluding hydrogens is 262 g/mol.